The lowest BCUT2D eigenvalue weighted by Gasteiger charge is -2.18. The summed E-state index contributed by atoms with van der Waals surface area (Å²) in [5.41, 5.74) is 1.27. The molecule has 2 rings (SSSR count). The van der Waals surface area contributed by atoms with Crippen LogP contribution in [0.1, 0.15) is 24.2 Å². The summed E-state index contributed by atoms with van der Waals surface area (Å²) in [7, 11) is 1.70. The molecular weight excluding hydrogens is 266 g/mol. The predicted molar refractivity (Wildman–Crippen MR) is 83.0 cm³/mol. The Morgan fingerprint density at radius 1 is 1.14 bits per heavy atom. The minimum Gasteiger partial charge on any atom is -0.508 e. The van der Waals surface area contributed by atoms with Crippen LogP contribution >= 0.6 is 0 Å². The third kappa shape index (κ3) is 3.75. The number of benzene rings is 2. The molecule has 0 aliphatic heterocycles. The average Bonchev–Trinajstić information content (AvgIpc) is 2.46. The zero-order chi connectivity index (χ0) is 15.4. The smallest absolute Gasteiger partial charge is 0.258 e. The number of phenols is 1. The molecule has 0 radical (unpaired) electrons. The van der Waals surface area contributed by atoms with Gasteiger partial charge in [-0.2, -0.15) is 0 Å². The Morgan fingerprint density at radius 2 is 1.81 bits per heavy atom. The molecule has 1 N–H and O–H groups in total. The van der Waals surface area contributed by atoms with E-state index >= 15 is 0 Å². The van der Waals surface area contributed by atoms with Crippen molar-refractivity contribution >= 4 is 11.6 Å². The first kappa shape index (κ1) is 14.9. The van der Waals surface area contributed by atoms with Crippen molar-refractivity contribution in [3.05, 3.63) is 54.1 Å². The van der Waals surface area contributed by atoms with Gasteiger partial charge in [-0.05, 0) is 56.3 Å². The minimum atomic E-state index is -0.130. The van der Waals surface area contributed by atoms with Gasteiger partial charge in [0, 0.05) is 18.3 Å². The van der Waals surface area contributed by atoms with E-state index in [0.29, 0.717) is 17.0 Å². The summed E-state index contributed by atoms with van der Waals surface area (Å²) in [6.45, 7) is 3.88. The molecule has 0 atom stereocenters. The molecule has 0 saturated heterocycles. The van der Waals surface area contributed by atoms with Gasteiger partial charge in [0.15, 0.2) is 0 Å². The summed E-state index contributed by atoms with van der Waals surface area (Å²) in [4.78, 5) is 14.0. The van der Waals surface area contributed by atoms with Crippen molar-refractivity contribution < 1.29 is 14.6 Å². The van der Waals surface area contributed by atoms with E-state index in [9.17, 15) is 9.90 Å². The molecule has 2 aromatic carbocycles. The first-order valence-corrected chi connectivity index (χ1v) is 6.81. The molecule has 0 aliphatic rings. The van der Waals surface area contributed by atoms with Crippen molar-refractivity contribution in [3.63, 3.8) is 0 Å². The highest BCUT2D eigenvalue weighted by atomic mass is 16.5. The monoisotopic (exact) mass is 285 g/mol. The SMILES string of the molecule is CC(C)Oc1cccc(C(=O)N(C)c2ccc(O)cc2)c1. The molecule has 2 aromatic rings. The van der Waals surface area contributed by atoms with Crippen LogP contribution in [-0.2, 0) is 0 Å². The fraction of sp³-hybridized carbons (Fsp3) is 0.235. The highest BCUT2D eigenvalue weighted by molar-refractivity contribution is 6.05. The predicted octanol–water partition coefficient (Wildman–Crippen LogP) is 3.46. The molecular formula is C17H19NO3. The molecule has 0 aromatic heterocycles. The maximum atomic E-state index is 12.5. The molecule has 21 heavy (non-hydrogen) atoms. The maximum absolute atomic E-state index is 12.5. The largest absolute Gasteiger partial charge is 0.508 e. The quantitative estimate of drug-likeness (QED) is 0.936. The van der Waals surface area contributed by atoms with E-state index in [4.69, 9.17) is 4.74 Å². The van der Waals surface area contributed by atoms with Crippen LogP contribution in [-0.4, -0.2) is 24.2 Å². The third-order valence-corrected chi connectivity index (χ3v) is 2.99. The summed E-state index contributed by atoms with van der Waals surface area (Å²) in [5, 5.41) is 9.29. The van der Waals surface area contributed by atoms with E-state index in [0.717, 1.165) is 0 Å². The molecule has 0 unspecified atom stereocenters. The number of amides is 1. The second-order valence-electron chi connectivity index (χ2n) is 5.08. The van der Waals surface area contributed by atoms with Crippen molar-refractivity contribution in [2.75, 3.05) is 11.9 Å². The molecule has 0 saturated carbocycles. The number of carbonyl (C=O) groups excluding carboxylic acids is 1. The minimum absolute atomic E-state index is 0.0604. The molecule has 4 heteroatoms. The van der Waals surface area contributed by atoms with Crippen molar-refractivity contribution in [2.45, 2.75) is 20.0 Å². The zero-order valence-electron chi connectivity index (χ0n) is 12.4. The van der Waals surface area contributed by atoms with Crippen molar-refractivity contribution in [1.82, 2.24) is 0 Å². The van der Waals surface area contributed by atoms with Gasteiger partial charge in [-0.15, -0.1) is 0 Å². The van der Waals surface area contributed by atoms with Gasteiger partial charge in [-0.1, -0.05) is 6.07 Å². The Hall–Kier alpha value is -2.49. The van der Waals surface area contributed by atoms with Crippen molar-refractivity contribution in [1.29, 1.82) is 0 Å². The van der Waals surface area contributed by atoms with Gasteiger partial charge in [0.05, 0.1) is 6.10 Å². The number of aromatic hydroxyl groups is 1. The second-order valence-corrected chi connectivity index (χ2v) is 5.08. The lowest BCUT2D eigenvalue weighted by molar-refractivity contribution is 0.0992. The lowest BCUT2D eigenvalue weighted by Crippen LogP contribution is -2.26. The number of nitrogens with zero attached hydrogens (tertiary/aromatic N) is 1. The van der Waals surface area contributed by atoms with Crippen LogP contribution < -0.4 is 9.64 Å². The van der Waals surface area contributed by atoms with Crippen LogP contribution in [0, 0.1) is 0 Å². The molecule has 0 heterocycles. The second kappa shape index (κ2) is 6.31. The van der Waals surface area contributed by atoms with Crippen LogP contribution in [0.25, 0.3) is 0 Å². The zero-order valence-corrected chi connectivity index (χ0v) is 12.4. The number of carbonyl (C=O) groups is 1. The van der Waals surface area contributed by atoms with Gasteiger partial charge in [-0.25, -0.2) is 0 Å². The Labute approximate surface area is 124 Å². The Kier molecular flexibility index (Phi) is 4.48. The molecule has 0 aliphatic carbocycles. The van der Waals surface area contributed by atoms with Crippen LogP contribution in [0.2, 0.25) is 0 Å². The highest BCUT2D eigenvalue weighted by Gasteiger charge is 2.14. The Morgan fingerprint density at radius 3 is 2.43 bits per heavy atom. The van der Waals surface area contributed by atoms with Crippen LogP contribution in [0.5, 0.6) is 11.5 Å². The molecule has 1 amide bonds. The van der Waals surface area contributed by atoms with Gasteiger partial charge in [0.25, 0.3) is 5.91 Å². The number of hydrogen-bond donors (Lipinski definition) is 1. The number of rotatable bonds is 4. The summed E-state index contributed by atoms with van der Waals surface area (Å²) < 4.78 is 5.60. The number of hydrogen-bond acceptors (Lipinski definition) is 3. The van der Waals surface area contributed by atoms with Gasteiger partial charge in [0.1, 0.15) is 11.5 Å². The first-order valence-electron chi connectivity index (χ1n) is 6.81. The van der Waals surface area contributed by atoms with E-state index in [1.807, 2.05) is 19.9 Å². The average molecular weight is 285 g/mol. The molecule has 0 spiro atoms. The lowest BCUT2D eigenvalue weighted by atomic mass is 10.1. The van der Waals surface area contributed by atoms with Crippen LogP contribution in [0.15, 0.2) is 48.5 Å². The van der Waals surface area contributed by atoms with Gasteiger partial charge in [-0.3, -0.25) is 4.79 Å². The Bertz CT molecular complexity index is 620. The van der Waals surface area contributed by atoms with E-state index < -0.39 is 0 Å². The number of phenolic OH excluding ortho intramolecular Hbond substituents is 1. The standard InChI is InChI=1S/C17H19NO3/c1-12(2)21-16-6-4-5-13(11-16)17(20)18(3)14-7-9-15(19)10-8-14/h4-12,19H,1-3H3. The fourth-order valence-electron chi connectivity index (χ4n) is 1.96. The fourth-order valence-corrected chi connectivity index (χ4v) is 1.96. The van der Waals surface area contributed by atoms with Gasteiger partial charge >= 0.3 is 0 Å². The normalized spacial score (nSPS) is 10.5. The molecule has 4 nitrogen and oxygen atoms in total. The van der Waals surface area contributed by atoms with E-state index in [1.165, 1.54) is 4.90 Å². The van der Waals surface area contributed by atoms with E-state index in [2.05, 4.69) is 0 Å². The number of anilines is 1. The molecule has 110 valence electrons. The topological polar surface area (TPSA) is 49.8 Å². The number of ether oxygens (including phenoxy) is 1. The van der Waals surface area contributed by atoms with Crippen LogP contribution in [0.3, 0.4) is 0 Å². The van der Waals surface area contributed by atoms with E-state index in [1.54, 1.807) is 49.5 Å². The summed E-state index contributed by atoms with van der Waals surface area (Å²) in [6, 6.07) is 13.6. The van der Waals surface area contributed by atoms with Gasteiger partial charge < -0.3 is 14.7 Å². The van der Waals surface area contributed by atoms with E-state index in [-0.39, 0.29) is 17.8 Å². The Balaban J connectivity index is 2.21. The van der Waals surface area contributed by atoms with Crippen molar-refractivity contribution in [3.8, 4) is 11.5 Å². The van der Waals surface area contributed by atoms with Crippen molar-refractivity contribution in [2.24, 2.45) is 0 Å². The van der Waals surface area contributed by atoms with Crippen LogP contribution in [0.4, 0.5) is 5.69 Å². The summed E-state index contributed by atoms with van der Waals surface area (Å²) >= 11 is 0. The maximum Gasteiger partial charge on any atom is 0.258 e. The highest BCUT2D eigenvalue weighted by Crippen LogP contribution is 2.21. The van der Waals surface area contributed by atoms with Gasteiger partial charge in [0.2, 0.25) is 0 Å². The molecule has 0 fully saturated rings. The summed E-state index contributed by atoms with van der Waals surface area (Å²) in [6.07, 6.45) is 0.0604. The third-order valence-electron chi connectivity index (χ3n) is 2.99. The summed E-state index contributed by atoms with van der Waals surface area (Å²) in [5.74, 6) is 0.719. The first-order chi connectivity index (χ1) is 9.97. The molecule has 0 bridgehead atoms.